The minimum Gasteiger partial charge on any atom is -0.490 e. The normalized spacial score (nSPS) is 12.4. The fraction of sp³-hybridized carbons (Fsp3) is 0.435. The molecule has 1 aromatic carbocycles. The van der Waals surface area contributed by atoms with Crippen molar-refractivity contribution in [2.45, 2.75) is 33.2 Å². The number of aromatic nitrogens is 4. The molecule has 1 unspecified atom stereocenters. The largest absolute Gasteiger partial charge is 0.490 e. The Morgan fingerprint density at radius 2 is 2.03 bits per heavy atom. The van der Waals surface area contributed by atoms with Crippen LogP contribution in [-0.4, -0.2) is 51.5 Å². The molecule has 0 radical (unpaired) electrons. The zero-order valence-electron chi connectivity index (χ0n) is 19.2. The number of rotatable bonds is 10. The van der Waals surface area contributed by atoms with E-state index in [0.29, 0.717) is 6.42 Å². The van der Waals surface area contributed by atoms with E-state index < -0.39 is 22.8 Å². The number of nitrogens with zero attached hydrogens (tertiary/aromatic N) is 5. The van der Waals surface area contributed by atoms with Gasteiger partial charge in [-0.05, 0) is 44.6 Å². The zero-order chi connectivity index (χ0) is 24.1. The summed E-state index contributed by atoms with van der Waals surface area (Å²) in [5.74, 6) is -1.90. The third-order valence-electron chi connectivity index (χ3n) is 5.32. The van der Waals surface area contributed by atoms with Crippen LogP contribution < -0.4 is 10.3 Å². The molecule has 2 heterocycles. The summed E-state index contributed by atoms with van der Waals surface area (Å²) in [7, 11) is 3.85. The van der Waals surface area contributed by atoms with Crippen molar-refractivity contribution in [2.75, 3.05) is 27.2 Å². The predicted octanol–water partition coefficient (Wildman–Crippen LogP) is 4.40. The second-order valence-electron chi connectivity index (χ2n) is 8.19. The van der Waals surface area contributed by atoms with E-state index in [1.165, 1.54) is 21.5 Å². The standard InChI is InChI=1S/C23H28ClF2N5O2/c1-5-15(2)14-30-20(21(24)28-22(23(30)32)31-12-6-10-27-31)18-16(25)8-9-17(19(18)26)33-13-7-11-29(3)4/h6,8-10,12,15H,5,7,11,13-14H2,1-4H3. The van der Waals surface area contributed by atoms with Crippen molar-refractivity contribution >= 4 is 11.6 Å². The lowest BCUT2D eigenvalue weighted by molar-refractivity contribution is 0.271. The number of ether oxygens (including phenoxy) is 1. The zero-order valence-corrected chi connectivity index (χ0v) is 19.9. The van der Waals surface area contributed by atoms with Crippen LogP contribution in [0.15, 0.2) is 35.4 Å². The number of hydrogen-bond acceptors (Lipinski definition) is 5. The summed E-state index contributed by atoms with van der Waals surface area (Å²) in [5, 5.41) is 3.84. The monoisotopic (exact) mass is 479 g/mol. The highest BCUT2D eigenvalue weighted by atomic mass is 35.5. The second-order valence-corrected chi connectivity index (χ2v) is 8.55. The first-order chi connectivity index (χ1) is 15.7. The molecule has 10 heteroatoms. The third-order valence-corrected chi connectivity index (χ3v) is 5.58. The lowest BCUT2D eigenvalue weighted by Gasteiger charge is -2.20. The van der Waals surface area contributed by atoms with Gasteiger partial charge in [0.1, 0.15) is 5.82 Å². The van der Waals surface area contributed by atoms with Gasteiger partial charge in [0.2, 0.25) is 5.82 Å². The lowest BCUT2D eigenvalue weighted by Crippen LogP contribution is -2.30. The number of hydrogen-bond donors (Lipinski definition) is 0. The molecule has 0 bridgehead atoms. The van der Waals surface area contributed by atoms with Crippen molar-refractivity contribution in [1.29, 1.82) is 0 Å². The second kappa shape index (κ2) is 10.9. The smallest absolute Gasteiger partial charge is 0.296 e. The van der Waals surface area contributed by atoms with E-state index >= 15 is 4.39 Å². The maximum absolute atomic E-state index is 15.5. The van der Waals surface area contributed by atoms with Gasteiger partial charge in [-0.25, -0.2) is 18.4 Å². The van der Waals surface area contributed by atoms with E-state index in [0.717, 1.165) is 19.0 Å². The molecule has 33 heavy (non-hydrogen) atoms. The Balaban J connectivity index is 2.14. The summed E-state index contributed by atoms with van der Waals surface area (Å²) in [6, 6.07) is 3.98. The molecule has 0 aliphatic carbocycles. The maximum Gasteiger partial charge on any atom is 0.296 e. The van der Waals surface area contributed by atoms with Crippen LogP contribution in [-0.2, 0) is 6.54 Å². The Labute approximate surface area is 196 Å². The number of halogens is 3. The van der Waals surface area contributed by atoms with Crippen molar-refractivity contribution in [2.24, 2.45) is 5.92 Å². The summed E-state index contributed by atoms with van der Waals surface area (Å²) in [5.41, 5.74) is -1.11. The van der Waals surface area contributed by atoms with Crippen molar-refractivity contribution in [1.82, 2.24) is 24.2 Å². The van der Waals surface area contributed by atoms with Gasteiger partial charge in [-0.2, -0.15) is 5.10 Å². The van der Waals surface area contributed by atoms with Gasteiger partial charge in [0.05, 0.1) is 17.9 Å². The van der Waals surface area contributed by atoms with Crippen LogP contribution in [0.4, 0.5) is 8.78 Å². The molecule has 0 spiro atoms. The fourth-order valence-corrected chi connectivity index (χ4v) is 3.63. The quantitative estimate of drug-likeness (QED) is 0.403. The maximum atomic E-state index is 15.5. The Morgan fingerprint density at radius 1 is 1.27 bits per heavy atom. The molecule has 0 saturated carbocycles. The van der Waals surface area contributed by atoms with Gasteiger partial charge in [0.25, 0.3) is 5.56 Å². The van der Waals surface area contributed by atoms with Crippen molar-refractivity contribution in [3.05, 3.63) is 57.7 Å². The van der Waals surface area contributed by atoms with Gasteiger partial charge in [-0.15, -0.1) is 0 Å². The highest BCUT2D eigenvalue weighted by Gasteiger charge is 2.26. The summed E-state index contributed by atoms with van der Waals surface area (Å²) < 4.78 is 38.6. The van der Waals surface area contributed by atoms with Gasteiger partial charge in [-0.3, -0.25) is 4.79 Å². The van der Waals surface area contributed by atoms with Crippen LogP contribution in [0.5, 0.6) is 5.75 Å². The van der Waals surface area contributed by atoms with E-state index in [4.69, 9.17) is 16.3 Å². The molecule has 3 rings (SSSR count). The fourth-order valence-electron chi connectivity index (χ4n) is 3.35. The molecule has 0 N–H and O–H groups in total. The molecule has 0 saturated heterocycles. The third kappa shape index (κ3) is 5.59. The summed E-state index contributed by atoms with van der Waals surface area (Å²) >= 11 is 6.45. The topological polar surface area (TPSA) is 65.2 Å². The predicted molar refractivity (Wildman–Crippen MR) is 124 cm³/mol. The van der Waals surface area contributed by atoms with E-state index in [-0.39, 0.29) is 41.5 Å². The van der Waals surface area contributed by atoms with Crippen LogP contribution in [0, 0.1) is 17.6 Å². The molecule has 178 valence electrons. The SMILES string of the molecule is CCC(C)Cn1c(-c2c(F)ccc(OCCCN(C)C)c2F)c(Cl)nc(-n2cccn2)c1=O. The first-order valence-corrected chi connectivity index (χ1v) is 11.2. The first kappa shape index (κ1) is 24.9. The van der Waals surface area contributed by atoms with Gasteiger partial charge >= 0.3 is 0 Å². The lowest BCUT2D eigenvalue weighted by atomic mass is 10.1. The highest BCUT2D eigenvalue weighted by Crippen LogP contribution is 2.35. The van der Waals surface area contributed by atoms with E-state index in [9.17, 15) is 9.18 Å². The molecular weight excluding hydrogens is 452 g/mol. The van der Waals surface area contributed by atoms with E-state index in [2.05, 4.69) is 10.1 Å². The van der Waals surface area contributed by atoms with Crippen LogP contribution in [0.25, 0.3) is 17.1 Å². The van der Waals surface area contributed by atoms with Crippen molar-refractivity contribution in [3.8, 4) is 22.8 Å². The Bertz CT molecular complexity index is 1150. The highest BCUT2D eigenvalue weighted by molar-refractivity contribution is 6.31. The number of benzene rings is 1. The van der Waals surface area contributed by atoms with Crippen molar-refractivity contribution < 1.29 is 13.5 Å². The molecule has 0 aliphatic heterocycles. The summed E-state index contributed by atoms with van der Waals surface area (Å²) in [6.07, 6.45) is 4.47. The summed E-state index contributed by atoms with van der Waals surface area (Å²) in [6.45, 7) is 5.12. The van der Waals surface area contributed by atoms with Gasteiger partial charge in [0, 0.05) is 25.5 Å². The Hall–Kier alpha value is -2.78. The summed E-state index contributed by atoms with van der Waals surface area (Å²) in [4.78, 5) is 19.5. The molecule has 0 amide bonds. The first-order valence-electron chi connectivity index (χ1n) is 10.8. The Morgan fingerprint density at radius 3 is 2.67 bits per heavy atom. The van der Waals surface area contributed by atoms with Crippen LogP contribution >= 0.6 is 11.6 Å². The van der Waals surface area contributed by atoms with E-state index in [1.807, 2.05) is 32.8 Å². The average molecular weight is 480 g/mol. The molecule has 1 atom stereocenters. The minimum atomic E-state index is -0.923. The Kier molecular flexibility index (Phi) is 8.20. The van der Waals surface area contributed by atoms with Gasteiger partial charge in [-0.1, -0.05) is 31.9 Å². The average Bonchev–Trinajstić information content (AvgIpc) is 3.31. The molecule has 3 aromatic rings. The van der Waals surface area contributed by atoms with Crippen LogP contribution in [0.1, 0.15) is 26.7 Å². The van der Waals surface area contributed by atoms with Crippen LogP contribution in [0.3, 0.4) is 0 Å². The van der Waals surface area contributed by atoms with E-state index in [1.54, 1.807) is 12.3 Å². The molecule has 0 fully saturated rings. The molecular formula is C23H28ClF2N5O2. The van der Waals surface area contributed by atoms with Gasteiger partial charge in [0.15, 0.2) is 16.7 Å². The van der Waals surface area contributed by atoms with Crippen LogP contribution in [0.2, 0.25) is 5.15 Å². The molecule has 2 aromatic heterocycles. The van der Waals surface area contributed by atoms with Gasteiger partial charge < -0.3 is 14.2 Å². The minimum absolute atomic E-state index is 0.0435. The molecule has 0 aliphatic rings. The van der Waals surface area contributed by atoms with Crippen molar-refractivity contribution in [3.63, 3.8) is 0 Å². The molecule has 7 nitrogen and oxygen atoms in total.